The number of amides is 1. The molecule has 0 unspecified atom stereocenters. The van der Waals surface area contributed by atoms with Crippen molar-refractivity contribution in [1.82, 2.24) is 15.5 Å². The number of carbonyl (C=O) groups is 2. The largest absolute Gasteiger partial charge is 0.462 e. The van der Waals surface area contributed by atoms with Crippen molar-refractivity contribution in [2.45, 2.75) is 51.5 Å². The van der Waals surface area contributed by atoms with Crippen LogP contribution >= 0.6 is 0 Å². The first-order chi connectivity index (χ1) is 13.7. The lowest BCUT2D eigenvalue weighted by atomic mass is 10.1. The van der Waals surface area contributed by atoms with E-state index in [0.29, 0.717) is 23.7 Å². The molecule has 148 valence electrons. The standard InChI is InChI=1S/C21H26N4O3/c1-2-28-21(27)15-9-11-17(12-10-15)22-19-14-13-18(24-25-19)20(26)23-16-7-5-3-4-6-8-16/h9-14,16H,2-8H2,1H3,(H,22,25)(H,23,26). The number of rotatable bonds is 6. The lowest BCUT2D eigenvalue weighted by Gasteiger charge is -2.15. The summed E-state index contributed by atoms with van der Waals surface area (Å²) in [5.41, 5.74) is 1.56. The van der Waals surface area contributed by atoms with Crippen LogP contribution in [0.2, 0.25) is 0 Å². The SMILES string of the molecule is CCOC(=O)c1ccc(Nc2ccc(C(=O)NC3CCCCCC3)nn2)cc1. The molecule has 1 aromatic heterocycles. The number of aromatic nitrogens is 2. The first-order valence-electron chi connectivity index (χ1n) is 9.84. The van der Waals surface area contributed by atoms with Crippen LogP contribution in [-0.4, -0.2) is 34.7 Å². The van der Waals surface area contributed by atoms with Gasteiger partial charge < -0.3 is 15.4 Å². The fraction of sp³-hybridized carbons (Fsp3) is 0.429. The number of hydrogen-bond acceptors (Lipinski definition) is 6. The molecule has 0 atom stereocenters. The molecule has 0 aliphatic heterocycles. The molecule has 1 aliphatic rings. The van der Waals surface area contributed by atoms with Crippen molar-refractivity contribution >= 4 is 23.4 Å². The van der Waals surface area contributed by atoms with Gasteiger partial charge in [-0.25, -0.2) is 4.79 Å². The van der Waals surface area contributed by atoms with E-state index in [1.165, 1.54) is 12.8 Å². The maximum Gasteiger partial charge on any atom is 0.338 e. The summed E-state index contributed by atoms with van der Waals surface area (Å²) in [5, 5.41) is 14.3. The molecule has 3 rings (SSSR count). The second-order valence-electron chi connectivity index (χ2n) is 6.89. The molecule has 2 aromatic rings. The molecule has 0 bridgehead atoms. The molecule has 0 spiro atoms. The summed E-state index contributed by atoms with van der Waals surface area (Å²) >= 11 is 0. The minimum atomic E-state index is -0.349. The summed E-state index contributed by atoms with van der Waals surface area (Å²) in [4.78, 5) is 24.0. The van der Waals surface area contributed by atoms with E-state index in [0.717, 1.165) is 31.4 Å². The maximum atomic E-state index is 12.4. The molecule has 7 heteroatoms. The van der Waals surface area contributed by atoms with Crippen molar-refractivity contribution in [3.8, 4) is 0 Å². The Hall–Kier alpha value is -2.96. The lowest BCUT2D eigenvalue weighted by Crippen LogP contribution is -2.35. The Balaban J connectivity index is 1.56. The third-order valence-corrected chi connectivity index (χ3v) is 4.76. The number of benzene rings is 1. The third kappa shape index (κ3) is 5.52. The highest BCUT2D eigenvalue weighted by atomic mass is 16.5. The zero-order valence-electron chi connectivity index (χ0n) is 16.1. The van der Waals surface area contributed by atoms with Gasteiger partial charge in [-0.2, -0.15) is 0 Å². The first kappa shape index (κ1) is 19.8. The molecular formula is C21H26N4O3. The molecule has 1 aromatic carbocycles. The van der Waals surface area contributed by atoms with Gasteiger partial charge in [0.2, 0.25) is 0 Å². The van der Waals surface area contributed by atoms with Crippen LogP contribution in [-0.2, 0) is 4.74 Å². The lowest BCUT2D eigenvalue weighted by molar-refractivity contribution is 0.0526. The average molecular weight is 382 g/mol. The summed E-state index contributed by atoms with van der Waals surface area (Å²) in [6.45, 7) is 2.11. The van der Waals surface area contributed by atoms with E-state index in [2.05, 4.69) is 20.8 Å². The second-order valence-corrected chi connectivity index (χ2v) is 6.89. The Morgan fingerprint density at radius 1 is 1.00 bits per heavy atom. The molecule has 2 N–H and O–H groups in total. The number of hydrogen-bond donors (Lipinski definition) is 2. The van der Waals surface area contributed by atoms with Gasteiger partial charge in [0.25, 0.3) is 5.91 Å². The monoisotopic (exact) mass is 382 g/mol. The van der Waals surface area contributed by atoms with Gasteiger partial charge >= 0.3 is 5.97 Å². The van der Waals surface area contributed by atoms with Crippen LogP contribution in [0.5, 0.6) is 0 Å². The Bertz CT molecular complexity index is 782. The number of esters is 1. The second kappa shape index (κ2) is 9.82. The van der Waals surface area contributed by atoms with E-state index in [-0.39, 0.29) is 17.9 Å². The molecule has 1 amide bonds. The Morgan fingerprint density at radius 2 is 1.71 bits per heavy atom. The Morgan fingerprint density at radius 3 is 2.32 bits per heavy atom. The fourth-order valence-corrected chi connectivity index (χ4v) is 3.26. The van der Waals surface area contributed by atoms with Crippen molar-refractivity contribution in [2.75, 3.05) is 11.9 Å². The molecule has 0 radical (unpaired) electrons. The van der Waals surface area contributed by atoms with Crippen molar-refractivity contribution in [3.63, 3.8) is 0 Å². The van der Waals surface area contributed by atoms with Gasteiger partial charge in [0.1, 0.15) is 0 Å². The summed E-state index contributed by atoms with van der Waals surface area (Å²) < 4.78 is 4.96. The predicted molar refractivity (Wildman–Crippen MR) is 107 cm³/mol. The number of carbonyl (C=O) groups excluding carboxylic acids is 2. The summed E-state index contributed by atoms with van der Waals surface area (Å²) in [6, 6.07) is 10.5. The van der Waals surface area contributed by atoms with Crippen molar-refractivity contribution < 1.29 is 14.3 Å². The van der Waals surface area contributed by atoms with Crippen molar-refractivity contribution in [2.24, 2.45) is 0 Å². The van der Waals surface area contributed by atoms with Crippen molar-refractivity contribution in [1.29, 1.82) is 0 Å². The van der Waals surface area contributed by atoms with E-state index in [1.807, 2.05) is 0 Å². The zero-order chi connectivity index (χ0) is 19.8. The van der Waals surface area contributed by atoms with E-state index in [9.17, 15) is 9.59 Å². The van der Waals surface area contributed by atoms with Gasteiger partial charge in [-0.3, -0.25) is 4.79 Å². The highest BCUT2D eigenvalue weighted by molar-refractivity contribution is 5.92. The molecule has 7 nitrogen and oxygen atoms in total. The van der Waals surface area contributed by atoms with Crippen LogP contribution in [0.25, 0.3) is 0 Å². The topological polar surface area (TPSA) is 93.2 Å². The van der Waals surface area contributed by atoms with E-state index in [4.69, 9.17) is 4.74 Å². The van der Waals surface area contributed by atoms with Crippen LogP contribution < -0.4 is 10.6 Å². The molecule has 1 heterocycles. The van der Waals surface area contributed by atoms with Crippen molar-refractivity contribution in [3.05, 3.63) is 47.7 Å². The van der Waals surface area contributed by atoms with Crippen LogP contribution in [0.3, 0.4) is 0 Å². The average Bonchev–Trinajstić information content (AvgIpc) is 2.98. The van der Waals surface area contributed by atoms with Crippen LogP contribution in [0.4, 0.5) is 11.5 Å². The minimum absolute atomic E-state index is 0.176. The smallest absolute Gasteiger partial charge is 0.338 e. The molecular weight excluding hydrogens is 356 g/mol. The summed E-state index contributed by atoms with van der Waals surface area (Å²) in [7, 11) is 0. The quantitative estimate of drug-likeness (QED) is 0.582. The van der Waals surface area contributed by atoms with Crippen LogP contribution in [0.15, 0.2) is 36.4 Å². The van der Waals surface area contributed by atoms with Crippen LogP contribution in [0, 0.1) is 0 Å². The maximum absolute atomic E-state index is 12.4. The normalized spacial score (nSPS) is 14.8. The number of nitrogens with one attached hydrogen (secondary N) is 2. The van der Waals surface area contributed by atoms with Gasteiger partial charge in [-0.05, 0) is 56.2 Å². The van der Waals surface area contributed by atoms with Gasteiger partial charge in [-0.15, -0.1) is 10.2 Å². The first-order valence-corrected chi connectivity index (χ1v) is 9.84. The van der Waals surface area contributed by atoms with E-state index in [1.54, 1.807) is 43.3 Å². The third-order valence-electron chi connectivity index (χ3n) is 4.76. The Kier molecular flexibility index (Phi) is 6.94. The zero-order valence-corrected chi connectivity index (χ0v) is 16.1. The highest BCUT2D eigenvalue weighted by Crippen LogP contribution is 2.18. The molecule has 1 fully saturated rings. The van der Waals surface area contributed by atoms with Crippen LogP contribution in [0.1, 0.15) is 66.3 Å². The number of anilines is 2. The van der Waals surface area contributed by atoms with Gasteiger partial charge in [0.05, 0.1) is 12.2 Å². The summed E-state index contributed by atoms with van der Waals surface area (Å²) in [6.07, 6.45) is 6.87. The molecule has 1 aliphatic carbocycles. The molecule has 28 heavy (non-hydrogen) atoms. The predicted octanol–water partition coefficient (Wildman–Crippen LogP) is 3.85. The minimum Gasteiger partial charge on any atom is -0.462 e. The van der Waals surface area contributed by atoms with Gasteiger partial charge in [0.15, 0.2) is 11.5 Å². The van der Waals surface area contributed by atoms with E-state index >= 15 is 0 Å². The highest BCUT2D eigenvalue weighted by Gasteiger charge is 2.17. The van der Waals surface area contributed by atoms with Gasteiger partial charge in [0, 0.05) is 11.7 Å². The van der Waals surface area contributed by atoms with E-state index < -0.39 is 0 Å². The number of ether oxygens (including phenoxy) is 1. The van der Waals surface area contributed by atoms with Gasteiger partial charge in [-0.1, -0.05) is 25.7 Å². The summed E-state index contributed by atoms with van der Waals surface area (Å²) in [5.74, 6) is -0.00230. The Labute approximate surface area is 164 Å². The molecule has 1 saturated carbocycles. The molecule has 0 saturated heterocycles. The number of nitrogens with zero attached hydrogens (tertiary/aromatic N) is 2. The fourth-order valence-electron chi connectivity index (χ4n) is 3.26.